The van der Waals surface area contributed by atoms with Gasteiger partial charge in [-0.1, -0.05) is 0 Å². The Bertz CT molecular complexity index is 537. The van der Waals surface area contributed by atoms with Crippen molar-refractivity contribution in [3.05, 3.63) is 18.2 Å². The zero-order valence-corrected chi connectivity index (χ0v) is 15.3. The molecule has 0 bridgehead atoms. The molecule has 6 heteroatoms. The van der Waals surface area contributed by atoms with Crippen LogP contribution in [0.15, 0.2) is 18.2 Å². The van der Waals surface area contributed by atoms with Gasteiger partial charge < -0.3 is 24.4 Å². The molecule has 2 rings (SSSR count). The van der Waals surface area contributed by atoms with Gasteiger partial charge in [0.25, 0.3) is 0 Å². The second-order valence-electron chi connectivity index (χ2n) is 6.63. The van der Waals surface area contributed by atoms with E-state index in [-0.39, 0.29) is 12.0 Å². The van der Waals surface area contributed by atoms with Crippen LogP contribution in [0.3, 0.4) is 0 Å². The number of rotatable bonds is 8. The molecule has 1 heterocycles. The van der Waals surface area contributed by atoms with E-state index in [1.54, 1.807) is 0 Å². The summed E-state index contributed by atoms with van der Waals surface area (Å²) in [6, 6.07) is 6.13. The predicted molar refractivity (Wildman–Crippen MR) is 98.6 cm³/mol. The summed E-state index contributed by atoms with van der Waals surface area (Å²) in [5, 5.41) is 9.60. The van der Waals surface area contributed by atoms with Gasteiger partial charge in [0.1, 0.15) is 12.0 Å². The Morgan fingerprint density at radius 3 is 2.62 bits per heavy atom. The Morgan fingerprint density at radius 1 is 1.38 bits per heavy atom. The van der Waals surface area contributed by atoms with Crippen molar-refractivity contribution in [2.75, 3.05) is 56.1 Å². The molecule has 0 atom stereocenters. The van der Waals surface area contributed by atoms with Crippen molar-refractivity contribution in [3.63, 3.8) is 0 Å². The van der Waals surface area contributed by atoms with Gasteiger partial charge in [0.2, 0.25) is 0 Å². The van der Waals surface area contributed by atoms with E-state index < -0.39 is 0 Å². The molecule has 1 aliphatic heterocycles. The van der Waals surface area contributed by atoms with Crippen LogP contribution < -0.4 is 14.5 Å². The number of piperidine rings is 1. The fraction of sp³-hybridized carbons (Fsp3) is 0.611. The summed E-state index contributed by atoms with van der Waals surface area (Å²) >= 11 is 6.05. The Hall–Kier alpha value is -1.46. The van der Waals surface area contributed by atoms with Crippen LogP contribution in [0.5, 0.6) is 5.75 Å². The molecule has 24 heavy (non-hydrogen) atoms. The highest BCUT2D eigenvalue weighted by molar-refractivity contribution is 6.18. The lowest BCUT2D eigenvalue weighted by atomic mass is 9.81. The maximum atomic E-state index is 10.5. The van der Waals surface area contributed by atoms with E-state index in [0.29, 0.717) is 18.9 Å². The average Bonchev–Trinajstić information content (AvgIpc) is 2.62. The highest BCUT2D eigenvalue weighted by atomic mass is 35.5. The van der Waals surface area contributed by atoms with E-state index in [9.17, 15) is 9.90 Å². The molecule has 1 fully saturated rings. The van der Waals surface area contributed by atoms with Crippen LogP contribution in [0.2, 0.25) is 0 Å². The number of hydrogen-bond donors (Lipinski definition) is 1. The Morgan fingerprint density at radius 2 is 2.08 bits per heavy atom. The maximum Gasteiger partial charge on any atom is 0.142 e. The number of aldehydes is 1. The standard InChI is InChI=1S/C18H27ClN2O3/c1-20(2)16-12-15(4-5-17(16)24-11-3-10-22)21-8-6-18(13-19,14-23)7-9-21/h4-5,10,12,23H,3,6-9,11,13-14H2,1-2H3. The summed E-state index contributed by atoms with van der Waals surface area (Å²) in [4.78, 5) is 14.8. The normalized spacial score (nSPS) is 16.8. The first-order valence-corrected chi connectivity index (χ1v) is 8.88. The van der Waals surface area contributed by atoms with Crippen LogP contribution >= 0.6 is 11.6 Å². The summed E-state index contributed by atoms with van der Waals surface area (Å²) in [6.07, 6.45) is 3.04. The van der Waals surface area contributed by atoms with Gasteiger partial charge in [-0.3, -0.25) is 0 Å². The molecule has 1 aromatic rings. The van der Waals surface area contributed by atoms with Crippen molar-refractivity contribution in [1.82, 2.24) is 0 Å². The van der Waals surface area contributed by atoms with Crippen LogP contribution in [0.25, 0.3) is 0 Å². The molecule has 0 radical (unpaired) electrons. The van der Waals surface area contributed by atoms with Gasteiger partial charge in [-0.2, -0.15) is 0 Å². The first-order valence-electron chi connectivity index (χ1n) is 8.35. The predicted octanol–water partition coefficient (Wildman–Crippen LogP) is 2.54. The van der Waals surface area contributed by atoms with Gasteiger partial charge in [-0.25, -0.2) is 0 Å². The summed E-state index contributed by atoms with van der Waals surface area (Å²) in [7, 11) is 3.96. The molecule has 1 aliphatic rings. The third-order valence-electron chi connectivity index (χ3n) is 4.73. The smallest absolute Gasteiger partial charge is 0.142 e. The number of nitrogens with zero attached hydrogens (tertiary/aromatic N) is 2. The lowest BCUT2D eigenvalue weighted by Crippen LogP contribution is -2.43. The van der Waals surface area contributed by atoms with Crippen molar-refractivity contribution >= 4 is 29.3 Å². The third kappa shape index (κ3) is 4.33. The molecule has 0 unspecified atom stereocenters. The van der Waals surface area contributed by atoms with E-state index in [2.05, 4.69) is 17.0 Å². The first-order chi connectivity index (χ1) is 11.5. The van der Waals surface area contributed by atoms with Crippen LogP contribution in [0.1, 0.15) is 19.3 Å². The van der Waals surface area contributed by atoms with E-state index in [4.69, 9.17) is 16.3 Å². The fourth-order valence-electron chi connectivity index (χ4n) is 2.96. The molecule has 0 aliphatic carbocycles. The summed E-state index contributed by atoms with van der Waals surface area (Å²) < 4.78 is 5.71. The second kappa shape index (κ2) is 8.58. The molecule has 0 amide bonds. The first kappa shape index (κ1) is 18.9. The zero-order valence-electron chi connectivity index (χ0n) is 14.5. The van der Waals surface area contributed by atoms with Gasteiger partial charge in [0.05, 0.1) is 12.3 Å². The zero-order chi connectivity index (χ0) is 17.6. The minimum Gasteiger partial charge on any atom is -0.491 e. The molecule has 134 valence electrons. The quantitative estimate of drug-likeness (QED) is 0.441. The van der Waals surface area contributed by atoms with Crippen molar-refractivity contribution in [3.8, 4) is 5.75 Å². The highest BCUT2D eigenvalue weighted by Crippen LogP contribution is 2.37. The van der Waals surface area contributed by atoms with Gasteiger partial charge in [-0.05, 0) is 31.0 Å². The van der Waals surface area contributed by atoms with Crippen molar-refractivity contribution in [1.29, 1.82) is 0 Å². The van der Waals surface area contributed by atoms with E-state index in [1.165, 1.54) is 0 Å². The number of alkyl halides is 1. The number of carbonyl (C=O) groups is 1. The van der Waals surface area contributed by atoms with E-state index in [0.717, 1.165) is 49.3 Å². The van der Waals surface area contributed by atoms with Gasteiger partial charge in [0, 0.05) is 57.2 Å². The van der Waals surface area contributed by atoms with Crippen LogP contribution in [-0.4, -0.2) is 57.7 Å². The lowest BCUT2D eigenvalue weighted by molar-refractivity contribution is -0.108. The van der Waals surface area contributed by atoms with Crippen LogP contribution in [0, 0.1) is 5.41 Å². The number of hydrogen-bond acceptors (Lipinski definition) is 5. The number of benzene rings is 1. The van der Waals surface area contributed by atoms with Crippen LogP contribution in [-0.2, 0) is 4.79 Å². The minimum atomic E-state index is -0.139. The molecule has 1 aromatic carbocycles. The largest absolute Gasteiger partial charge is 0.491 e. The van der Waals surface area contributed by atoms with Gasteiger partial charge in [0.15, 0.2) is 0 Å². The topological polar surface area (TPSA) is 53.0 Å². The number of halogens is 1. The van der Waals surface area contributed by atoms with Gasteiger partial charge >= 0.3 is 0 Å². The monoisotopic (exact) mass is 354 g/mol. The Labute approximate surface area is 149 Å². The maximum absolute atomic E-state index is 10.5. The molecule has 1 saturated heterocycles. The number of aliphatic hydroxyl groups is 1. The summed E-state index contributed by atoms with van der Waals surface area (Å²) in [5.41, 5.74) is 2.00. The molecular formula is C18H27ClN2O3. The molecule has 5 nitrogen and oxygen atoms in total. The molecule has 1 N–H and O–H groups in total. The molecular weight excluding hydrogens is 328 g/mol. The highest BCUT2D eigenvalue weighted by Gasteiger charge is 2.33. The second-order valence-corrected chi connectivity index (χ2v) is 6.90. The van der Waals surface area contributed by atoms with E-state index in [1.807, 2.05) is 25.1 Å². The fourth-order valence-corrected chi connectivity index (χ4v) is 3.32. The average molecular weight is 355 g/mol. The molecule has 0 spiro atoms. The Balaban J connectivity index is 2.11. The summed E-state index contributed by atoms with van der Waals surface area (Å²) in [6.45, 7) is 2.30. The SMILES string of the molecule is CN(C)c1cc(N2CCC(CO)(CCl)CC2)ccc1OCCC=O. The van der Waals surface area contributed by atoms with Gasteiger partial charge in [-0.15, -0.1) is 11.6 Å². The molecule has 0 saturated carbocycles. The number of anilines is 2. The third-order valence-corrected chi connectivity index (χ3v) is 5.29. The van der Waals surface area contributed by atoms with Crippen molar-refractivity contribution < 1.29 is 14.6 Å². The van der Waals surface area contributed by atoms with Crippen LogP contribution in [0.4, 0.5) is 11.4 Å². The Kier molecular flexibility index (Phi) is 6.75. The van der Waals surface area contributed by atoms with Crippen molar-refractivity contribution in [2.45, 2.75) is 19.3 Å². The number of carbonyl (C=O) groups excluding carboxylic acids is 1. The minimum absolute atomic E-state index is 0.139. The van der Waals surface area contributed by atoms with Crippen molar-refractivity contribution in [2.24, 2.45) is 5.41 Å². The number of aliphatic hydroxyl groups excluding tert-OH is 1. The summed E-state index contributed by atoms with van der Waals surface area (Å²) in [5.74, 6) is 1.29. The molecule has 0 aromatic heterocycles. The number of ether oxygens (including phenoxy) is 1. The lowest BCUT2D eigenvalue weighted by Gasteiger charge is -2.40. The van der Waals surface area contributed by atoms with E-state index >= 15 is 0 Å².